The number of sulfonamides is 1. The van der Waals surface area contributed by atoms with E-state index in [1.165, 1.54) is 16.4 Å². The molecule has 3 rings (SSSR count). The Morgan fingerprint density at radius 1 is 1.04 bits per heavy atom. The third-order valence-electron chi connectivity index (χ3n) is 4.18. The molecule has 0 saturated carbocycles. The molecule has 0 fully saturated rings. The fraction of sp³-hybridized carbons (Fsp3) is 0.250. The summed E-state index contributed by atoms with van der Waals surface area (Å²) in [6.07, 6.45) is 0. The van der Waals surface area contributed by atoms with Gasteiger partial charge in [-0.2, -0.15) is 4.31 Å². The molecule has 3 aromatic rings. The molecule has 0 saturated heterocycles. The molecule has 1 heterocycles. The summed E-state index contributed by atoms with van der Waals surface area (Å²) in [5.41, 5.74) is 1.38. The normalized spacial score (nSPS) is 12.2. The molecule has 0 aliphatic heterocycles. The highest BCUT2D eigenvalue weighted by Crippen LogP contribution is 2.30. The average Bonchev–Trinajstić information content (AvgIpc) is 2.63. The van der Waals surface area contributed by atoms with Gasteiger partial charge in [-0.1, -0.05) is 66.8 Å². The number of halogens is 3. The molecule has 0 aliphatic carbocycles. The molecule has 2 aromatic carbocycles. The standard InChI is InChI=1S/C20H19Cl3N2O2S/c1-13(2)11-25(28(26,27)19-10-16(21)7-8-17(19)22)12-15-9-14-5-3-4-6-18(14)24-20(15)23/h3-10,13H,11-12H2,1-2H3. The van der Waals surface area contributed by atoms with Crippen molar-refractivity contribution in [3.05, 3.63) is 69.3 Å². The van der Waals surface area contributed by atoms with Crippen LogP contribution in [0.15, 0.2) is 53.4 Å². The molecular weight excluding hydrogens is 439 g/mol. The molecule has 0 amide bonds. The number of benzene rings is 2. The van der Waals surface area contributed by atoms with Crippen molar-refractivity contribution < 1.29 is 8.42 Å². The minimum absolute atomic E-state index is 0.0211. The number of nitrogens with zero attached hydrogens (tertiary/aromatic N) is 2. The highest BCUT2D eigenvalue weighted by molar-refractivity contribution is 7.89. The lowest BCUT2D eigenvalue weighted by Crippen LogP contribution is -2.34. The van der Waals surface area contributed by atoms with E-state index in [2.05, 4.69) is 4.98 Å². The maximum Gasteiger partial charge on any atom is 0.244 e. The van der Waals surface area contributed by atoms with Crippen LogP contribution in [0.4, 0.5) is 0 Å². The van der Waals surface area contributed by atoms with Crippen molar-refractivity contribution in [2.45, 2.75) is 25.3 Å². The molecule has 0 N–H and O–H groups in total. The van der Waals surface area contributed by atoms with Crippen molar-refractivity contribution >= 4 is 55.7 Å². The second kappa shape index (κ2) is 8.56. The lowest BCUT2D eigenvalue weighted by molar-refractivity contribution is 0.362. The predicted octanol–water partition coefficient (Wildman–Crippen LogP) is 6.04. The van der Waals surface area contributed by atoms with Gasteiger partial charge in [0.1, 0.15) is 10.0 Å². The van der Waals surface area contributed by atoms with Gasteiger partial charge in [0.25, 0.3) is 0 Å². The quantitative estimate of drug-likeness (QED) is 0.424. The first kappa shape index (κ1) is 21.3. The minimum atomic E-state index is -3.89. The molecule has 28 heavy (non-hydrogen) atoms. The van der Waals surface area contributed by atoms with Gasteiger partial charge in [-0.05, 0) is 36.2 Å². The number of aromatic nitrogens is 1. The molecule has 4 nitrogen and oxygen atoms in total. The van der Waals surface area contributed by atoms with Crippen LogP contribution >= 0.6 is 34.8 Å². The summed E-state index contributed by atoms with van der Waals surface area (Å²) in [5.74, 6) is 0.0972. The zero-order valence-electron chi connectivity index (χ0n) is 15.4. The van der Waals surface area contributed by atoms with Crippen LogP contribution in [-0.2, 0) is 16.6 Å². The number of hydrogen-bond donors (Lipinski definition) is 0. The molecule has 0 bridgehead atoms. The number of hydrogen-bond acceptors (Lipinski definition) is 3. The van der Waals surface area contributed by atoms with Gasteiger partial charge < -0.3 is 0 Å². The van der Waals surface area contributed by atoms with Gasteiger partial charge >= 0.3 is 0 Å². The Bertz CT molecular complexity index is 1120. The topological polar surface area (TPSA) is 50.3 Å². The maximum atomic E-state index is 13.3. The predicted molar refractivity (Wildman–Crippen MR) is 116 cm³/mol. The fourth-order valence-electron chi connectivity index (χ4n) is 2.91. The average molecular weight is 458 g/mol. The van der Waals surface area contributed by atoms with E-state index in [-0.39, 0.29) is 27.5 Å². The van der Waals surface area contributed by atoms with Crippen molar-refractivity contribution in [3.8, 4) is 0 Å². The summed E-state index contributed by atoms with van der Waals surface area (Å²) < 4.78 is 28.0. The van der Waals surface area contributed by atoms with Crippen LogP contribution in [0.2, 0.25) is 15.2 Å². The van der Waals surface area contributed by atoms with Crippen LogP contribution < -0.4 is 0 Å². The lowest BCUT2D eigenvalue weighted by atomic mass is 10.1. The molecule has 0 unspecified atom stereocenters. The van der Waals surface area contributed by atoms with Gasteiger partial charge in [-0.25, -0.2) is 13.4 Å². The van der Waals surface area contributed by atoms with Gasteiger partial charge in [0.15, 0.2) is 0 Å². The Balaban J connectivity index is 2.06. The highest BCUT2D eigenvalue weighted by atomic mass is 35.5. The lowest BCUT2D eigenvalue weighted by Gasteiger charge is -2.25. The third kappa shape index (κ3) is 4.61. The molecule has 0 spiro atoms. The number of pyridine rings is 1. The van der Waals surface area contributed by atoms with Crippen molar-refractivity contribution in [2.24, 2.45) is 5.92 Å². The van der Waals surface area contributed by atoms with Crippen molar-refractivity contribution in [3.63, 3.8) is 0 Å². The van der Waals surface area contributed by atoms with Crippen LogP contribution in [-0.4, -0.2) is 24.3 Å². The summed E-state index contributed by atoms with van der Waals surface area (Å²) in [6, 6.07) is 13.8. The Labute approximate surface area is 180 Å². The smallest absolute Gasteiger partial charge is 0.236 e. The van der Waals surface area contributed by atoms with E-state index in [1.54, 1.807) is 6.07 Å². The minimum Gasteiger partial charge on any atom is -0.236 e. The largest absolute Gasteiger partial charge is 0.244 e. The summed E-state index contributed by atoms with van der Waals surface area (Å²) in [7, 11) is -3.89. The van der Waals surface area contributed by atoms with Gasteiger partial charge in [-0.3, -0.25) is 0 Å². The number of fused-ring (bicyclic) bond motifs is 1. The Kier molecular flexibility index (Phi) is 6.52. The number of para-hydroxylation sites is 1. The van der Waals surface area contributed by atoms with E-state index < -0.39 is 10.0 Å². The van der Waals surface area contributed by atoms with Gasteiger partial charge in [0.05, 0.1) is 10.5 Å². The second-order valence-electron chi connectivity index (χ2n) is 6.90. The molecule has 148 valence electrons. The summed E-state index contributed by atoms with van der Waals surface area (Å²) in [5, 5.41) is 1.60. The summed E-state index contributed by atoms with van der Waals surface area (Å²) >= 11 is 18.5. The molecule has 0 aliphatic rings. The summed E-state index contributed by atoms with van der Waals surface area (Å²) in [6.45, 7) is 4.28. The van der Waals surface area contributed by atoms with Crippen molar-refractivity contribution in [1.82, 2.24) is 9.29 Å². The zero-order valence-corrected chi connectivity index (χ0v) is 18.4. The second-order valence-corrected chi connectivity index (χ2v) is 10.0. The first-order chi connectivity index (χ1) is 13.2. The molecule has 0 atom stereocenters. The first-order valence-corrected chi connectivity index (χ1v) is 11.2. The molecule has 1 aromatic heterocycles. The molecule has 0 radical (unpaired) electrons. The first-order valence-electron chi connectivity index (χ1n) is 8.68. The Hall–Kier alpha value is -1.37. The van der Waals surface area contributed by atoms with Crippen LogP contribution in [0.1, 0.15) is 19.4 Å². The van der Waals surface area contributed by atoms with Crippen molar-refractivity contribution in [2.75, 3.05) is 6.54 Å². The van der Waals surface area contributed by atoms with E-state index in [9.17, 15) is 8.42 Å². The monoisotopic (exact) mass is 456 g/mol. The molecular formula is C20H19Cl3N2O2S. The van der Waals surface area contributed by atoms with Crippen LogP contribution in [0, 0.1) is 5.92 Å². The van der Waals surface area contributed by atoms with Crippen LogP contribution in [0.5, 0.6) is 0 Å². The maximum absolute atomic E-state index is 13.3. The fourth-order valence-corrected chi connectivity index (χ4v) is 5.43. The van der Waals surface area contributed by atoms with Gasteiger partial charge in [0.2, 0.25) is 10.0 Å². The van der Waals surface area contributed by atoms with Crippen LogP contribution in [0.3, 0.4) is 0 Å². The van der Waals surface area contributed by atoms with E-state index in [4.69, 9.17) is 34.8 Å². The third-order valence-corrected chi connectivity index (χ3v) is 7.03. The van der Waals surface area contributed by atoms with Crippen LogP contribution in [0.25, 0.3) is 10.9 Å². The Morgan fingerprint density at radius 3 is 2.46 bits per heavy atom. The van der Waals surface area contributed by atoms with E-state index >= 15 is 0 Å². The summed E-state index contributed by atoms with van der Waals surface area (Å²) in [4.78, 5) is 4.37. The van der Waals surface area contributed by atoms with E-state index in [1.807, 2.05) is 44.2 Å². The highest BCUT2D eigenvalue weighted by Gasteiger charge is 2.28. The van der Waals surface area contributed by atoms with Gasteiger partial charge in [0, 0.05) is 29.1 Å². The Morgan fingerprint density at radius 2 is 1.75 bits per heavy atom. The molecule has 8 heteroatoms. The number of rotatable bonds is 6. The van der Waals surface area contributed by atoms with Gasteiger partial charge in [-0.15, -0.1) is 0 Å². The van der Waals surface area contributed by atoms with E-state index in [0.29, 0.717) is 17.1 Å². The van der Waals surface area contributed by atoms with Crippen molar-refractivity contribution in [1.29, 1.82) is 0 Å². The van der Waals surface area contributed by atoms with E-state index in [0.717, 1.165) is 10.9 Å². The zero-order chi connectivity index (χ0) is 20.5. The SMILES string of the molecule is CC(C)CN(Cc1cc2ccccc2nc1Cl)S(=O)(=O)c1cc(Cl)ccc1Cl.